The van der Waals surface area contributed by atoms with Gasteiger partial charge in [0, 0.05) is 6.61 Å². The molecule has 0 aromatic heterocycles. The van der Waals surface area contributed by atoms with Crippen LogP contribution in [0, 0.1) is 5.92 Å². The molecule has 104 valence electrons. The van der Waals surface area contributed by atoms with Crippen LogP contribution in [0.3, 0.4) is 0 Å². The number of carbonyl (C=O) groups excluding carboxylic acids is 2. The smallest absolute Gasteiger partial charge is 0.337 e. The highest BCUT2D eigenvalue weighted by molar-refractivity contribution is 5.89. The lowest BCUT2D eigenvalue weighted by atomic mass is 9.96. The van der Waals surface area contributed by atoms with E-state index in [4.69, 9.17) is 0 Å². The predicted octanol–water partition coefficient (Wildman–Crippen LogP) is 1.19. The highest BCUT2D eigenvalue weighted by Crippen LogP contribution is 2.15. The number of methoxy groups -OCH3 is 2. The molecule has 0 aliphatic heterocycles. The Labute approximate surface area is 112 Å². The fraction of sp³-hybridized carbons (Fsp3) is 0.429. The van der Waals surface area contributed by atoms with Gasteiger partial charge in [0.05, 0.1) is 26.2 Å². The third kappa shape index (κ3) is 4.71. The lowest BCUT2D eigenvalue weighted by molar-refractivity contribution is -0.142. The summed E-state index contributed by atoms with van der Waals surface area (Å²) in [5, 5.41) is 9.26. The van der Waals surface area contributed by atoms with E-state index in [1.807, 2.05) is 6.07 Å². The quantitative estimate of drug-likeness (QED) is 0.783. The maximum absolute atomic E-state index is 11.4. The van der Waals surface area contributed by atoms with E-state index in [2.05, 4.69) is 9.47 Å². The Hall–Kier alpha value is -1.88. The van der Waals surface area contributed by atoms with Gasteiger partial charge in [0.15, 0.2) is 0 Å². The van der Waals surface area contributed by atoms with E-state index >= 15 is 0 Å². The minimum Gasteiger partial charge on any atom is -0.469 e. The molecule has 1 atom stereocenters. The molecule has 0 aliphatic carbocycles. The molecule has 1 N–H and O–H groups in total. The number of esters is 2. The summed E-state index contributed by atoms with van der Waals surface area (Å²) in [6.07, 6.45) is 0.645. The second-order valence-electron chi connectivity index (χ2n) is 4.22. The summed E-state index contributed by atoms with van der Waals surface area (Å²) in [6, 6.07) is 6.94. The van der Waals surface area contributed by atoms with Crippen molar-refractivity contribution in [3.05, 3.63) is 35.4 Å². The van der Waals surface area contributed by atoms with Gasteiger partial charge in [-0.1, -0.05) is 12.1 Å². The SMILES string of the molecule is COC(=O)CC(CO)Cc1cccc(C(=O)OC)c1. The van der Waals surface area contributed by atoms with Gasteiger partial charge in [-0.25, -0.2) is 4.79 Å². The van der Waals surface area contributed by atoms with Crippen LogP contribution in [-0.2, 0) is 20.7 Å². The van der Waals surface area contributed by atoms with E-state index in [1.54, 1.807) is 18.2 Å². The van der Waals surface area contributed by atoms with Gasteiger partial charge in [0.1, 0.15) is 0 Å². The molecule has 0 aliphatic rings. The number of ether oxygens (including phenoxy) is 2. The molecular weight excluding hydrogens is 248 g/mol. The Balaban J connectivity index is 2.74. The average Bonchev–Trinajstić information content (AvgIpc) is 2.45. The van der Waals surface area contributed by atoms with E-state index in [9.17, 15) is 14.7 Å². The Morgan fingerprint density at radius 1 is 1.26 bits per heavy atom. The van der Waals surface area contributed by atoms with Crippen LogP contribution in [0.4, 0.5) is 0 Å². The van der Waals surface area contributed by atoms with Crippen LogP contribution in [0.5, 0.6) is 0 Å². The lowest BCUT2D eigenvalue weighted by Gasteiger charge is -2.13. The van der Waals surface area contributed by atoms with E-state index in [0.717, 1.165) is 5.56 Å². The van der Waals surface area contributed by atoms with Crippen molar-refractivity contribution in [2.75, 3.05) is 20.8 Å². The molecule has 0 spiro atoms. The molecule has 1 aromatic rings. The monoisotopic (exact) mass is 266 g/mol. The van der Waals surface area contributed by atoms with Gasteiger partial charge in [0.25, 0.3) is 0 Å². The zero-order valence-electron chi connectivity index (χ0n) is 11.1. The summed E-state index contributed by atoms with van der Waals surface area (Å²) in [5.41, 5.74) is 1.32. The van der Waals surface area contributed by atoms with Crippen molar-refractivity contribution in [2.24, 2.45) is 5.92 Å². The highest BCUT2D eigenvalue weighted by atomic mass is 16.5. The summed E-state index contributed by atoms with van der Waals surface area (Å²) in [6.45, 7) is -0.114. The van der Waals surface area contributed by atoms with Gasteiger partial charge in [-0.3, -0.25) is 4.79 Å². The standard InChI is InChI=1S/C14H18O5/c1-18-13(16)8-11(9-15)6-10-4-3-5-12(7-10)14(17)19-2/h3-5,7,11,15H,6,8-9H2,1-2H3. The van der Waals surface area contributed by atoms with Crippen LogP contribution in [0.25, 0.3) is 0 Å². The van der Waals surface area contributed by atoms with Crippen molar-refractivity contribution >= 4 is 11.9 Å². The summed E-state index contributed by atoms with van der Waals surface area (Å²) >= 11 is 0. The molecule has 0 saturated carbocycles. The van der Waals surface area contributed by atoms with E-state index in [-0.39, 0.29) is 24.9 Å². The van der Waals surface area contributed by atoms with Crippen molar-refractivity contribution in [3.8, 4) is 0 Å². The van der Waals surface area contributed by atoms with Crippen LogP contribution in [0.2, 0.25) is 0 Å². The van der Waals surface area contributed by atoms with Crippen molar-refractivity contribution in [3.63, 3.8) is 0 Å². The maximum Gasteiger partial charge on any atom is 0.337 e. The highest BCUT2D eigenvalue weighted by Gasteiger charge is 2.15. The van der Waals surface area contributed by atoms with E-state index in [1.165, 1.54) is 14.2 Å². The van der Waals surface area contributed by atoms with Gasteiger partial charge in [-0.15, -0.1) is 0 Å². The number of aliphatic hydroxyl groups excluding tert-OH is 1. The van der Waals surface area contributed by atoms with Crippen LogP contribution >= 0.6 is 0 Å². The number of carbonyl (C=O) groups is 2. The first-order valence-electron chi connectivity index (χ1n) is 5.95. The molecule has 0 heterocycles. The summed E-state index contributed by atoms with van der Waals surface area (Å²) < 4.78 is 9.22. The van der Waals surface area contributed by atoms with E-state index in [0.29, 0.717) is 12.0 Å². The van der Waals surface area contributed by atoms with Crippen molar-refractivity contribution < 1.29 is 24.2 Å². The number of benzene rings is 1. The molecule has 0 fully saturated rings. The molecule has 0 amide bonds. The first kappa shape index (κ1) is 15.2. The molecule has 19 heavy (non-hydrogen) atoms. The maximum atomic E-state index is 11.4. The molecule has 1 aromatic carbocycles. The fourth-order valence-electron chi connectivity index (χ4n) is 1.80. The van der Waals surface area contributed by atoms with Crippen LogP contribution in [-0.4, -0.2) is 37.9 Å². The summed E-state index contributed by atoms with van der Waals surface area (Å²) in [7, 11) is 2.64. The normalized spacial score (nSPS) is 11.7. The van der Waals surface area contributed by atoms with Crippen molar-refractivity contribution in [1.82, 2.24) is 0 Å². The van der Waals surface area contributed by atoms with Crippen LogP contribution in [0.15, 0.2) is 24.3 Å². The topological polar surface area (TPSA) is 72.8 Å². The summed E-state index contributed by atoms with van der Waals surface area (Å²) in [4.78, 5) is 22.6. The number of aliphatic hydroxyl groups is 1. The number of rotatable bonds is 6. The van der Waals surface area contributed by atoms with Gasteiger partial charge in [-0.2, -0.15) is 0 Å². The first-order chi connectivity index (χ1) is 9.10. The molecule has 0 saturated heterocycles. The second-order valence-corrected chi connectivity index (χ2v) is 4.22. The summed E-state index contributed by atoms with van der Waals surface area (Å²) in [5.74, 6) is -0.987. The lowest BCUT2D eigenvalue weighted by Crippen LogP contribution is -2.16. The largest absolute Gasteiger partial charge is 0.469 e. The fourth-order valence-corrected chi connectivity index (χ4v) is 1.80. The number of hydrogen-bond donors (Lipinski definition) is 1. The van der Waals surface area contributed by atoms with Gasteiger partial charge >= 0.3 is 11.9 Å². The molecule has 0 bridgehead atoms. The van der Waals surface area contributed by atoms with Crippen LogP contribution < -0.4 is 0 Å². The average molecular weight is 266 g/mol. The first-order valence-corrected chi connectivity index (χ1v) is 5.95. The molecule has 0 radical (unpaired) electrons. The van der Waals surface area contributed by atoms with Gasteiger partial charge < -0.3 is 14.6 Å². The Morgan fingerprint density at radius 2 is 2.00 bits per heavy atom. The van der Waals surface area contributed by atoms with Gasteiger partial charge in [-0.05, 0) is 30.0 Å². The van der Waals surface area contributed by atoms with Crippen molar-refractivity contribution in [2.45, 2.75) is 12.8 Å². The third-order valence-corrected chi connectivity index (χ3v) is 2.81. The molecular formula is C14H18O5. The Morgan fingerprint density at radius 3 is 2.58 bits per heavy atom. The Kier molecular flexibility index (Phi) is 6.02. The van der Waals surface area contributed by atoms with E-state index < -0.39 is 5.97 Å². The van der Waals surface area contributed by atoms with Crippen LogP contribution in [0.1, 0.15) is 22.3 Å². The molecule has 5 nitrogen and oxygen atoms in total. The minimum atomic E-state index is -0.407. The zero-order valence-corrected chi connectivity index (χ0v) is 11.1. The molecule has 1 unspecified atom stereocenters. The Bertz CT molecular complexity index is 441. The predicted molar refractivity (Wildman–Crippen MR) is 68.7 cm³/mol. The number of hydrogen-bond acceptors (Lipinski definition) is 5. The zero-order chi connectivity index (χ0) is 14.3. The minimum absolute atomic E-state index is 0.114. The second kappa shape index (κ2) is 7.53. The third-order valence-electron chi connectivity index (χ3n) is 2.81. The molecule has 1 rings (SSSR count). The van der Waals surface area contributed by atoms with Crippen molar-refractivity contribution in [1.29, 1.82) is 0 Å². The van der Waals surface area contributed by atoms with Gasteiger partial charge in [0.2, 0.25) is 0 Å². The molecule has 5 heteroatoms.